The highest BCUT2D eigenvalue weighted by Crippen LogP contribution is 2.16. The van der Waals surface area contributed by atoms with Crippen LogP contribution < -0.4 is 5.73 Å². The van der Waals surface area contributed by atoms with Crippen LogP contribution in [0.4, 0.5) is 0 Å². The molecule has 1 aliphatic heterocycles. The lowest BCUT2D eigenvalue weighted by Crippen LogP contribution is -2.77. The third-order valence-electron chi connectivity index (χ3n) is 2.03. The fourth-order valence-electron chi connectivity index (χ4n) is 1.15. The van der Waals surface area contributed by atoms with Crippen LogP contribution in [0.15, 0.2) is 0 Å². The van der Waals surface area contributed by atoms with Crippen molar-refractivity contribution in [3.05, 3.63) is 0 Å². The zero-order chi connectivity index (χ0) is 9.30. The maximum Gasteiger partial charge on any atom is 0.211 e. The van der Waals surface area contributed by atoms with Gasteiger partial charge in [0.15, 0.2) is 6.04 Å². The SMILES string of the molecule is [NH3+][C@H]1C(O)[C@H](O)C(CO)O[C@H]1O. The van der Waals surface area contributed by atoms with Gasteiger partial charge in [0.1, 0.15) is 18.3 Å². The van der Waals surface area contributed by atoms with Gasteiger partial charge in [0.05, 0.1) is 6.61 Å². The molecule has 0 spiro atoms. The summed E-state index contributed by atoms with van der Waals surface area (Å²) in [4.78, 5) is 0. The Morgan fingerprint density at radius 2 is 1.75 bits per heavy atom. The van der Waals surface area contributed by atoms with E-state index in [1.54, 1.807) is 0 Å². The van der Waals surface area contributed by atoms with Crippen molar-refractivity contribution in [2.45, 2.75) is 30.6 Å². The van der Waals surface area contributed by atoms with Crippen molar-refractivity contribution in [2.24, 2.45) is 0 Å². The van der Waals surface area contributed by atoms with Crippen molar-refractivity contribution in [2.75, 3.05) is 6.61 Å². The molecule has 7 N–H and O–H groups in total. The Balaban J connectivity index is 2.63. The van der Waals surface area contributed by atoms with Crippen molar-refractivity contribution < 1.29 is 30.9 Å². The summed E-state index contributed by atoms with van der Waals surface area (Å²) in [5, 5.41) is 36.3. The van der Waals surface area contributed by atoms with Crippen LogP contribution in [-0.4, -0.2) is 57.7 Å². The minimum absolute atomic E-state index is 0.442. The first-order valence-electron chi connectivity index (χ1n) is 3.71. The van der Waals surface area contributed by atoms with Gasteiger partial charge in [0, 0.05) is 0 Å². The van der Waals surface area contributed by atoms with Crippen LogP contribution in [0.2, 0.25) is 0 Å². The average molecular weight is 180 g/mol. The molecule has 0 aromatic carbocycles. The molecule has 0 aliphatic carbocycles. The Bertz CT molecular complexity index is 150. The second kappa shape index (κ2) is 3.65. The normalized spacial score (nSPS) is 49.2. The van der Waals surface area contributed by atoms with E-state index in [-0.39, 0.29) is 0 Å². The number of ether oxygens (including phenoxy) is 1. The second-order valence-corrected chi connectivity index (χ2v) is 2.89. The lowest BCUT2D eigenvalue weighted by molar-refractivity contribution is -0.497. The molecule has 6 heteroatoms. The van der Waals surface area contributed by atoms with Gasteiger partial charge in [-0.1, -0.05) is 0 Å². The van der Waals surface area contributed by atoms with E-state index in [0.29, 0.717) is 0 Å². The summed E-state index contributed by atoms with van der Waals surface area (Å²) in [7, 11) is 0. The van der Waals surface area contributed by atoms with Gasteiger partial charge < -0.3 is 30.9 Å². The zero-order valence-electron chi connectivity index (χ0n) is 6.50. The number of quaternary nitrogens is 1. The van der Waals surface area contributed by atoms with Crippen molar-refractivity contribution in [3.8, 4) is 0 Å². The molecule has 0 saturated carbocycles. The van der Waals surface area contributed by atoms with Crippen molar-refractivity contribution in [1.29, 1.82) is 0 Å². The zero-order valence-corrected chi connectivity index (χ0v) is 6.50. The van der Waals surface area contributed by atoms with Gasteiger partial charge in [-0.2, -0.15) is 0 Å². The second-order valence-electron chi connectivity index (χ2n) is 2.89. The molecular formula is C6H14NO5+. The Hall–Kier alpha value is -0.240. The molecule has 1 saturated heterocycles. The summed E-state index contributed by atoms with van der Waals surface area (Å²) >= 11 is 0. The van der Waals surface area contributed by atoms with Crippen LogP contribution in [-0.2, 0) is 4.74 Å². The molecule has 1 fully saturated rings. The first kappa shape index (κ1) is 9.85. The van der Waals surface area contributed by atoms with Crippen LogP contribution in [0.25, 0.3) is 0 Å². The number of rotatable bonds is 1. The molecule has 2 unspecified atom stereocenters. The minimum atomic E-state index is -1.24. The number of hydrogen-bond acceptors (Lipinski definition) is 5. The molecule has 12 heavy (non-hydrogen) atoms. The molecule has 0 bridgehead atoms. The monoisotopic (exact) mass is 180 g/mol. The first-order valence-corrected chi connectivity index (χ1v) is 3.71. The van der Waals surface area contributed by atoms with E-state index in [0.717, 1.165) is 0 Å². The van der Waals surface area contributed by atoms with Crippen molar-refractivity contribution >= 4 is 0 Å². The third kappa shape index (κ3) is 1.58. The lowest BCUT2D eigenvalue weighted by atomic mass is 9.98. The van der Waals surface area contributed by atoms with E-state index in [9.17, 15) is 10.2 Å². The van der Waals surface area contributed by atoms with Crippen LogP contribution in [0.1, 0.15) is 0 Å². The highest BCUT2D eigenvalue weighted by atomic mass is 16.6. The molecule has 72 valence electrons. The maximum atomic E-state index is 9.25. The smallest absolute Gasteiger partial charge is 0.211 e. The molecule has 1 aliphatic rings. The Labute approximate surface area is 69.2 Å². The van der Waals surface area contributed by atoms with Gasteiger partial charge in [-0.3, -0.25) is 0 Å². The van der Waals surface area contributed by atoms with E-state index in [1.807, 2.05) is 0 Å². The molecule has 0 aromatic heterocycles. The van der Waals surface area contributed by atoms with E-state index >= 15 is 0 Å². The summed E-state index contributed by atoms with van der Waals surface area (Å²) in [5.74, 6) is 0. The van der Waals surface area contributed by atoms with Gasteiger partial charge in [-0.15, -0.1) is 0 Å². The van der Waals surface area contributed by atoms with E-state index in [2.05, 4.69) is 5.73 Å². The molecule has 0 amide bonds. The Morgan fingerprint density at radius 3 is 2.25 bits per heavy atom. The maximum absolute atomic E-state index is 9.25. The standard InChI is InChI=1S/C6H13NO5/c7-3-5(10)4(9)2(1-8)12-6(3)11/h2-6,8-11H,1,7H2/p+1/t2?,3-,4+,5?,6+/m0/s1. The molecule has 1 rings (SSSR count). The van der Waals surface area contributed by atoms with E-state index in [4.69, 9.17) is 14.9 Å². The highest BCUT2D eigenvalue weighted by Gasteiger charge is 2.43. The number of hydrogen-bond donors (Lipinski definition) is 5. The molecule has 0 radical (unpaired) electrons. The first-order chi connectivity index (χ1) is 5.57. The van der Waals surface area contributed by atoms with Crippen LogP contribution in [0.3, 0.4) is 0 Å². The topological polar surface area (TPSA) is 118 Å². The van der Waals surface area contributed by atoms with Crippen molar-refractivity contribution in [1.82, 2.24) is 0 Å². The number of aliphatic hydroxyl groups is 4. The largest absolute Gasteiger partial charge is 0.394 e. The predicted molar refractivity (Wildman–Crippen MR) is 36.7 cm³/mol. The van der Waals surface area contributed by atoms with Gasteiger partial charge in [0.2, 0.25) is 6.29 Å². The summed E-state index contributed by atoms with van der Waals surface area (Å²) in [5.41, 5.74) is 3.41. The van der Waals surface area contributed by atoms with Gasteiger partial charge >= 0.3 is 0 Å². The van der Waals surface area contributed by atoms with E-state index in [1.165, 1.54) is 0 Å². The number of aliphatic hydroxyl groups excluding tert-OH is 4. The lowest BCUT2D eigenvalue weighted by Gasteiger charge is -2.36. The Kier molecular flexibility index (Phi) is 2.99. The highest BCUT2D eigenvalue weighted by molar-refractivity contribution is 4.87. The fraction of sp³-hybridized carbons (Fsp3) is 1.00. The van der Waals surface area contributed by atoms with Crippen LogP contribution in [0, 0.1) is 0 Å². The average Bonchev–Trinajstić information content (AvgIpc) is 2.08. The summed E-state index contributed by atoms with van der Waals surface area (Å²) in [6.45, 7) is -0.442. The van der Waals surface area contributed by atoms with Gasteiger partial charge in [-0.05, 0) is 0 Å². The predicted octanol–water partition coefficient (Wildman–Crippen LogP) is -3.97. The minimum Gasteiger partial charge on any atom is -0.394 e. The molecule has 6 nitrogen and oxygen atoms in total. The summed E-state index contributed by atoms with van der Waals surface area (Å²) in [6, 6.07) is -0.789. The van der Waals surface area contributed by atoms with E-state index < -0.39 is 37.3 Å². The third-order valence-corrected chi connectivity index (χ3v) is 2.03. The van der Waals surface area contributed by atoms with Crippen LogP contribution in [0.5, 0.6) is 0 Å². The summed E-state index contributed by atoms with van der Waals surface area (Å²) in [6.07, 6.45) is -4.53. The molecule has 1 heterocycles. The molecule has 0 aromatic rings. The van der Waals surface area contributed by atoms with Crippen molar-refractivity contribution in [3.63, 3.8) is 0 Å². The quantitative estimate of drug-likeness (QED) is 0.282. The van der Waals surface area contributed by atoms with Gasteiger partial charge in [-0.25, -0.2) is 0 Å². The van der Waals surface area contributed by atoms with Gasteiger partial charge in [0.25, 0.3) is 0 Å². The molecular weight excluding hydrogens is 166 g/mol. The summed E-state index contributed by atoms with van der Waals surface area (Å²) < 4.78 is 4.76. The van der Waals surface area contributed by atoms with Crippen LogP contribution >= 0.6 is 0 Å². The fourth-order valence-corrected chi connectivity index (χ4v) is 1.15. The molecule has 5 atom stereocenters. The Morgan fingerprint density at radius 1 is 1.17 bits per heavy atom.